The van der Waals surface area contributed by atoms with E-state index in [1.165, 1.54) is 6.20 Å². The van der Waals surface area contributed by atoms with E-state index in [-0.39, 0.29) is 5.88 Å². The fraction of sp³-hybridized carbons (Fsp3) is 0.364. The van der Waals surface area contributed by atoms with Gasteiger partial charge in [-0.05, 0) is 12.8 Å². The number of hydrogen-bond acceptors (Lipinski definition) is 5. The van der Waals surface area contributed by atoms with E-state index in [2.05, 4.69) is 14.9 Å². The lowest BCUT2D eigenvalue weighted by molar-refractivity contribution is 0.111. The van der Waals surface area contributed by atoms with Crippen LogP contribution in [0.5, 0.6) is 5.88 Å². The fourth-order valence-electron chi connectivity index (χ4n) is 2.19. The van der Waals surface area contributed by atoms with Crippen molar-refractivity contribution in [1.82, 2.24) is 14.4 Å². The number of nitrogens with zero attached hydrogens (tertiary/aromatic N) is 4. The SMILES string of the molecule is O=Cc1cn2cc(O)nc(N3CCCC3)c2n1. The van der Waals surface area contributed by atoms with E-state index in [1.807, 2.05) is 0 Å². The van der Waals surface area contributed by atoms with Crippen LogP contribution in [0.15, 0.2) is 12.4 Å². The molecule has 1 N–H and O–H groups in total. The normalized spacial score (nSPS) is 15.6. The van der Waals surface area contributed by atoms with Gasteiger partial charge in [0.1, 0.15) is 5.69 Å². The number of aromatic nitrogens is 3. The summed E-state index contributed by atoms with van der Waals surface area (Å²) in [4.78, 5) is 21.1. The molecular weight excluding hydrogens is 220 g/mol. The van der Waals surface area contributed by atoms with Crippen LogP contribution in [0.1, 0.15) is 23.3 Å². The van der Waals surface area contributed by atoms with Crippen LogP contribution in [0.25, 0.3) is 5.65 Å². The highest BCUT2D eigenvalue weighted by Crippen LogP contribution is 2.25. The van der Waals surface area contributed by atoms with Crippen LogP contribution in [0.2, 0.25) is 0 Å². The fourth-order valence-corrected chi connectivity index (χ4v) is 2.19. The van der Waals surface area contributed by atoms with E-state index in [4.69, 9.17) is 0 Å². The second kappa shape index (κ2) is 3.73. The van der Waals surface area contributed by atoms with E-state index in [9.17, 15) is 9.90 Å². The van der Waals surface area contributed by atoms with Crippen LogP contribution in [0.3, 0.4) is 0 Å². The maximum Gasteiger partial charge on any atom is 0.230 e. The number of anilines is 1. The lowest BCUT2D eigenvalue weighted by Gasteiger charge is -2.16. The van der Waals surface area contributed by atoms with Crippen molar-refractivity contribution in [1.29, 1.82) is 0 Å². The molecule has 1 fully saturated rings. The number of carbonyl (C=O) groups is 1. The molecule has 2 aromatic heterocycles. The molecule has 17 heavy (non-hydrogen) atoms. The largest absolute Gasteiger partial charge is 0.492 e. The average Bonchev–Trinajstić information content (AvgIpc) is 2.96. The first-order chi connectivity index (χ1) is 8.28. The van der Waals surface area contributed by atoms with Gasteiger partial charge < -0.3 is 10.0 Å². The molecule has 0 saturated carbocycles. The summed E-state index contributed by atoms with van der Waals surface area (Å²) in [6.07, 6.45) is 5.96. The van der Waals surface area contributed by atoms with Gasteiger partial charge in [-0.1, -0.05) is 0 Å². The van der Waals surface area contributed by atoms with Crippen molar-refractivity contribution in [2.24, 2.45) is 0 Å². The first kappa shape index (κ1) is 10.1. The maximum absolute atomic E-state index is 10.7. The van der Waals surface area contributed by atoms with E-state index < -0.39 is 0 Å². The van der Waals surface area contributed by atoms with E-state index in [0.29, 0.717) is 23.4 Å². The summed E-state index contributed by atoms with van der Waals surface area (Å²) >= 11 is 0. The number of imidazole rings is 1. The number of fused-ring (bicyclic) bond motifs is 1. The van der Waals surface area contributed by atoms with Crippen molar-refractivity contribution in [3.05, 3.63) is 18.1 Å². The molecule has 88 valence electrons. The Morgan fingerprint density at radius 3 is 2.71 bits per heavy atom. The van der Waals surface area contributed by atoms with E-state index >= 15 is 0 Å². The summed E-state index contributed by atoms with van der Waals surface area (Å²) in [5, 5.41) is 9.58. The van der Waals surface area contributed by atoms with Gasteiger partial charge in [0.25, 0.3) is 0 Å². The summed E-state index contributed by atoms with van der Waals surface area (Å²) in [6, 6.07) is 0. The third-order valence-electron chi connectivity index (χ3n) is 2.95. The van der Waals surface area contributed by atoms with Crippen molar-refractivity contribution in [3.63, 3.8) is 0 Å². The van der Waals surface area contributed by atoms with Crippen molar-refractivity contribution in [3.8, 4) is 5.88 Å². The van der Waals surface area contributed by atoms with Gasteiger partial charge in [0.15, 0.2) is 17.8 Å². The quantitative estimate of drug-likeness (QED) is 0.777. The van der Waals surface area contributed by atoms with Crippen molar-refractivity contribution >= 4 is 17.8 Å². The molecule has 0 radical (unpaired) electrons. The van der Waals surface area contributed by atoms with Crippen LogP contribution < -0.4 is 4.90 Å². The van der Waals surface area contributed by atoms with Crippen molar-refractivity contribution < 1.29 is 9.90 Å². The molecule has 6 heteroatoms. The molecule has 1 aliphatic rings. The Morgan fingerprint density at radius 1 is 1.24 bits per heavy atom. The molecule has 0 spiro atoms. The standard InChI is InChI=1S/C11H12N4O2/c16-7-8-5-15-6-9(17)13-11(10(15)12-8)14-3-1-2-4-14/h5-7,17H,1-4H2. The molecule has 3 rings (SSSR count). The Balaban J connectivity index is 2.20. The van der Waals surface area contributed by atoms with Gasteiger partial charge in [-0.25, -0.2) is 4.98 Å². The summed E-state index contributed by atoms with van der Waals surface area (Å²) in [7, 11) is 0. The predicted molar refractivity (Wildman–Crippen MR) is 61.5 cm³/mol. The molecule has 1 saturated heterocycles. The number of aldehydes is 1. The number of rotatable bonds is 2. The second-order valence-corrected chi connectivity index (χ2v) is 4.13. The first-order valence-electron chi connectivity index (χ1n) is 5.57. The van der Waals surface area contributed by atoms with Gasteiger partial charge >= 0.3 is 0 Å². The molecule has 0 aliphatic carbocycles. The highest BCUT2D eigenvalue weighted by Gasteiger charge is 2.19. The lowest BCUT2D eigenvalue weighted by Crippen LogP contribution is -2.20. The van der Waals surface area contributed by atoms with Crippen LogP contribution in [-0.2, 0) is 0 Å². The molecule has 0 aromatic carbocycles. The Morgan fingerprint density at radius 2 is 2.00 bits per heavy atom. The van der Waals surface area contributed by atoms with Gasteiger partial charge in [0.2, 0.25) is 5.88 Å². The molecule has 6 nitrogen and oxygen atoms in total. The summed E-state index contributed by atoms with van der Waals surface area (Å²) in [5.74, 6) is 0.588. The molecule has 3 heterocycles. The first-order valence-corrected chi connectivity index (χ1v) is 5.57. The zero-order chi connectivity index (χ0) is 11.8. The van der Waals surface area contributed by atoms with E-state index in [1.54, 1.807) is 10.6 Å². The number of carbonyl (C=O) groups excluding carboxylic acids is 1. The van der Waals surface area contributed by atoms with Gasteiger partial charge in [-0.2, -0.15) is 4.98 Å². The zero-order valence-corrected chi connectivity index (χ0v) is 9.20. The third-order valence-corrected chi connectivity index (χ3v) is 2.95. The number of hydrogen-bond donors (Lipinski definition) is 1. The summed E-state index contributed by atoms with van der Waals surface area (Å²) < 4.78 is 1.64. The minimum absolute atomic E-state index is 0.0609. The highest BCUT2D eigenvalue weighted by atomic mass is 16.3. The average molecular weight is 232 g/mol. The second-order valence-electron chi connectivity index (χ2n) is 4.13. The van der Waals surface area contributed by atoms with Crippen LogP contribution >= 0.6 is 0 Å². The molecule has 0 amide bonds. The predicted octanol–water partition coefficient (Wildman–Crippen LogP) is 0.848. The third kappa shape index (κ3) is 1.61. The molecule has 0 bridgehead atoms. The molecule has 1 aliphatic heterocycles. The lowest BCUT2D eigenvalue weighted by atomic mass is 10.4. The Hall–Kier alpha value is -2.11. The molecule has 2 aromatic rings. The Labute approximate surface area is 97.5 Å². The summed E-state index contributed by atoms with van der Waals surface area (Å²) in [6.45, 7) is 1.82. The molecular formula is C11H12N4O2. The molecule has 0 unspecified atom stereocenters. The zero-order valence-electron chi connectivity index (χ0n) is 9.20. The smallest absolute Gasteiger partial charge is 0.230 e. The monoisotopic (exact) mass is 232 g/mol. The van der Waals surface area contributed by atoms with Crippen LogP contribution in [0.4, 0.5) is 5.82 Å². The van der Waals surface area contributed by atoms with Gasteiger partial charge in [0.05, 0.1) is 6.20 Å². The topological polar surface area (TPSA) is 70.7 Å². The minimum Gasteiger partial charge on any atom is -0.492 e. The van der Waals surface area contributed by atoms with E-state index in [0.717, 1.165) is 25.9 Å². The summed E-state index contributed by atoms with van der Waals surface area (Å²) in [5.41, 5.74) is 0.963. The Bertz CT molecular complexity index is 572. The van der Waals surface area contributed by atoms with Crippen LogP contribution in [0, 0.1) is 0 Å². The van der Waals surface area contributed by atoms with Crippen molar-refractivity contribution in [2.75, 3.05) is 18.0 Å². The van der Waals surface area contributed by atoms with Gasteiger partial charge in [0, 0.05) is 19.3 Å². The van der Waals surface area contributed by atoms with Crippen LogP contribution in [-0.4, -0.2) is 38.9 Å². The molecule has 0 atom stereocenters. The minimum atomic E-state index is -0.0609. The van der Waals surface area contributed by atoms with Gasteiger partial charge in [-0.15, -0.1) is 0 Å². The van der Waals surface area contributed by atoms with Crippen molar-refractivity contribution in [2.45, 2.75) is 12.8 Å². The van der Waals surface area contributed by atoms with Gasteiger partial charge in [-0.3, -0.25) is 9.20 Å². The highest BCUT2D eigenvalue weighted by molar-refractivity contribution is 5.76. The maximum atomic E-state index is 10.7. The number of aromatic hydroxyl groups is 1. The Kier molecular flexibility index (Phi) is 2.21.